The Balaban J connectivity index is 1.68. The predicted molar refractivity (Wildman–Crippen MR) is 105 cm³/mol. The molecule has 8 nitrogen and oxygen atoms in total. The lowest BCUT2D eigenvalue weighted by atomic mass is 10.2. The Morgan fingerprint density at radius 2 is 1.90 bits per heavy atom. The normalized spacial score (nSPS) is 11.0. The van der Waals surface area contributed by atoms with Gasteiger partial charge in [0.05, 0.1) is 26.2 Å². The highest BCUT2D eigenvalue weighted by molar-refractivity contribution is 5.87. The van der Waals surface area contributed by atoms with Gasteiger partial charge in [-0.15, -0.1) is 0 Å². The van der Waals surface area contributed by atoms with Crippen LogP contribution in [0.3, 0.4) is 0 Å². The summed E-state index contributed by atoms with van der Waals surface area (Å²) in [5.74, 6) is -0.980. The van der Waals surface area contributed by atoms with Gasteiger partial charge in [0, 0.05) is 12.6 Å². The van der Waals surface area contributed by atoms with Crippen LogP contribution in [0.25, 0.3) is 17.2 Å². The minimum atomic E-state index is -0.529. The van der Waals surface area contributed by atoms with E-state index < -0.39 is 17.7 Å². The molecule has 0 unspecified atom stereocenters. The fraction of sp³-hybridized carbons (Fsp3) is 0.190. The summed E-state index contributed by atoms with van der Waals surface area (Å²) in [5, 5.41) is 0. The van der Waals surface area contributed by atoms with E-state index >= 15 is 0 Å². The van der Waals surface area contributed by atoms with Gasteiger partial charge in [-0.2, -0.15) is 0 Å². The van der Waals surface area contributed by atoms with Crippen LogP contribution in [0.4, 0.5) is 0 Å². The molecule has 0 spiro atoms. The maximum absolute atomic E-state index is 12.3. The quantitative estimate of drug-likeness (QED) is 0.343. The lowest BCUT2D eigenvalue weighted by Gasteiger charge is -2.10. The summed E-state index contributed by atoms with van der Waals surface area (Å²) < 4.78 is 21.7. The highest BCUT2D eigenvalue weighted by Crippen LogP contribution is 2.29. The van der Waals surface area contributed by atoms with Crippen molar-refractivity contribution in [3.63, 3.8) is 0 Å². The zero-order valence-electron chi connectivity index (χ0n) is 15.9. The maximum atomic E-state index is 12.3. The Kier molecular flexibility index (Phi) is 6.13. The van der Waals surface area contributed by atoms with E-state index in [9.17, 15) is 14.4 Å². The van der Waals surface area contributed by atoms with Gasteiger partial charge >= 0.3 is 17.7 Å². The number of para-hydroxylation sites is 2. The number of nitrogens with zero attached hydrogens (tertiary/aromatic N) is 1. The first-order valence-electron chi connectivity index (χ1n) is 8.75. The van der Waals surface area contributed by atoms with Crippen molar-refractivity contribution >= 4 is 29.1 Å². The van der Waals surface area contributed by atoms with Crippen LogP contribution in [-0.2, 0) is 20.9 Å². The number of rotatable bonds is 7. The summed E-state index contributed by atoms with van der Waals surface area (Å²) in [6.45, 7) is 0.122. The van der Waals surface area contributed by atoms with E-state index in [1.165, 1.54) is 24.9 Å². The molecule has 0 radical (unpaired) electrons. The third-order valence-corrected chi connectivity index (χ3v) is 4.14. The van der Waals surface area contributed by atoms with Gasteiger partial charge in [0.25, 0.3) is 0 Å². The number of fused-ring (bicyclic) bond motifs is 1. The fourth-order valence-corrected chi connectivity index (χ4v) is 2.71. The van der Waals surface area contributed by atoms with Crippen molar-refractivity contribution in [2.75, 3.05) is 14.2 Å². The number of oxazole rings is 1. The number of esters is 2. The molecule has 0 aliphatic heterocycles. The molecule has 150 valence electrons. The number of aromatic nitrogens is 1. The third kappa shape index (κ3) is 4.73. The van der Waals surface area contributed by atoms with Gasteiger partial charge in [-0.05, 0) is 35.9 Å². The van der Waals surface area contributed by atoms with E-state index in [0.29, 0.717) is 22.4 Å². The molecule has 0 aliphatic carbocycles. The first-order valence-corrected chi connectivity index (χ1v) is 8.75. The van der Waals surface area contributed by atoms with Crippen molar-refractivity contribution in [1.29, 1.82) is 0 Å². The second-order valence-electron chi connectivity index (χ2n) is 5.98. The summed E-state index contributed by atoms with van der Waals surface area (Å²) in [5.41, 5.74) is 1.75. The van der Waals surface area contributed by atoms with Gasteiger partial charge in [-0.3, -0.25) is 9.36 Å². The SMILES string of the molecule is COC(=O)/C=C/c1ccc(OC(=O)CCn2c(=O)oc3ccccc32)c(OC)c1. The zero-order chi connectivity index (χ0) is 20.8. The van der Waals surface area contributed by atoms with Crippen LogP contribution < -0.4 is 15.2 Å². The number of carbonyl (C=O) groups is 2. The Morgan fingerprint density at radius 3 is 2.66 bits per heavy atom. The van der Waals surface area contributed by atoms with Gasteiger partial charge in [-0.1, -0.05) is 18.2 Å². The van der Waals surface area contributed by atoms with E-state index in [-0.39, 0.29) is 18.7 Å². The molecule has 3 rings (SSSR count). The lowest BCUT2D eigenvalue weighted by Crippen LogP contribution is -2.18. The number of carbonyl (C=O) groups excluding carboxylic acids is 2. The van der Waals surface area contributed by atoms with Crippen molar-refractivity contribution in [3.05, 3.63) is 64.7 Å². The molecule has 0 saturated heterocycles. The Labute approximate surface area is 165 Å². The van der Waals surface area contributed by atoms with Gasteiger partial charge in [0.1, 0.15) is 0 Å². The molecule has 3 aromatic rings. The van der Waals surface area contributed by atoms with Crippen LogP contribution >= 0.6 is 0 Å². The lowest BCUT2D eigenvalue weighted by molar-refractivity contribution is -0.135. The largest absolute Gasteiger partial charge is 0.493 e. The van der Waals surface area contributed by atoms with Crippen LogP contribution in [0.15, 0.2) is 57.8 Å². The van der Waals surface area contributed by atoms with Crippen LogP contribution in [0, 0.1) is 0 Å². The molecule has 8 heteroatoms. The predicted octanol–water partition coefficient (Wildman–Crippen LogP) is 2.79. The van der Waals surface area contributed by atoms with Crippen LogP contribution in [0.2, 0.25) is 0 Å². The second-order valence-corrected chi connectivity index (χ2v) is 5.98. The van der Waals surface area contributed by atoms with Gasteiger partial charge in [-0.25, -0.2) is 9.59 Å². The van der Waals surface area contributed by atoms with E-state index in [0.717, 1.165) is 0 Å². The summed E-state index contributed by atoms with van der Waals surface area (Å²) in [7, 11) is 2.73. The first-order chi connectivity index (χ1) is 14.0. The number of hydrogen-bond acceptors (Lipinski definition) is 7. The van der Waals surface area contributed by atoms with Crippen molar-refractivity contribution < 1.29 is 28.2 Å². The molecule has 1 aromatic heterocycles. The van der Waals surface area contributed by atoms with Gasteiger partial charge in [0.2, 0.25) is 0 Å². The minimum Gasteiger partial charge on any atom is -0.493 e. The molecule has 0 N–H and O–H groups in total. The van der Waals surface area contributed by atoms with Crippen molar-refractivity contribution in [2.24, 2.45) is 0 Å². The molecule has 1 heterocycles. The summed E-state index contributed by atoms with van der Waals surface area (Å²) in [4.78, 5) is 35.4. The number of ether oxygens (including phenoxy) is 3. The molecule has 0 saturated carbocycles. The van der Waals surface area contributed by atoms with Gasteiger partial charge in [0.15, 0.2) is 17.1 Å². The Bertz CT molecular complexity index is 1120. The summed E-state index contributed by atoms with van der Waals surface area (Å²) in [6, 6.07) is 11.8. The molecule has 29 heavy (non-hydrogen) atoms. The third-order valence-electron chi connectivity index (χ3n) is 4.14. The molecule has 0 bridgehead atoms. The van der Waals surface area contributed by atoms with Crippen molar-refractivity contribution in [3.8, 4) is 11.5 Å². The Morgan fingerprint density at radius 1 is 1.10 bits per heavy atom. The fourth-order valence-electron chi connectivity index (χ4n) is 2.71. The molecule has 0 amide bonds. The average molecular weight is 397 g/mol. The molecular formula is C21H19NO7. The standard InChI is InChI=1S/C21H19NO7/c1-26-18-13-14(8-10-19(23)27-2)7-9-17(18)28-20(24)11-12-22-15-5-3-4-6-16(15)29-21(22)25/h3-10,13H,11-12H2,1-2H3/b10-8+. The minimum absolute atomic E-state index is 0.0312. The number of aryl methyl sites for hydroxylation is 1. The topological polar surface area (TPSA) is 97.0 Å². The van der Waals surface area contributed by atoms with Crippen molar-refractivity contribution in [1.82, 2.24) is 4.57 Å². The summed E-state index contributed by atoms with van der Waals surface area (Å²) in [6.07, 6.45) is 2.79. The maximum Gasteiger partial charge on any atom is 0.419 e. The highest BCUT2D eigenvalue weighted by Gasteiger charge is 2.14. The summed E-state index contributed by atoms with van der Waals surface area (Å²) >= 11 is 0. The van der Waals surface area contributed by atoms with Crippen LogP contribution in [0.5, 0.6) is 11.5 Å². The number of hydrogen-bond donors (Lipinski definition) is 0. The molecule has 0 fully saturated rings. The van der Waals surface area contributed by atoms with E-state index in [1.54, 1.807) is 48.5 Å². The first kappa shape index (κ1) is 19.9. The Hall–Kier alpha value is -3.81. The molecule has 0 atom stereocenters. The van der Waals surface area contributed by atoms with Crippen LogP contribution in [0.1, 0.15) is 12.0 Å². The van der Waals surface area contributed by atoms with Crippen molar-refractivity contribution in [2.45, 2.75) is 13.0 Å². The van der Waals surface area contributed by atoms with E-state index in [4.69, 9.17) is 13.9 Å². The zero-order valence-corrected chi connectivity index (χ0v) is 15.9. The van der Waals surface area contributed by atoms with E-state index in [1.807, 2.05) is 0 Å². The smallest absolute Gasteiger partial charge is 0.419 e. The molecule has 2 aromatic carbocycles. The molecule has 0 aliphatic rings. The van der Waals surface area contributed by atoms with Gasteiger partial charge < -0.3 is 18.6 Å². The average Bonchev–Trinajstić information content (AvgIpc) is 3.06. The number of benzene rings is 2. The van der Waals surface area contributed by atoms with E-state index in [2.05, 4.69) is 4.74 Å². The second kappa shape index (κ2) is 8.92. The molecular weight excluding hydrogens is 378 g/mol. The number of methoxy groups -OCH3 is 2. The monoisotopic (exact) mass is 397 g/mol. The highest BCUT2D eigenvalue weighted by atomic mass is 16.6. The van der Waals surface area contributed by atoms with Crippen LogP contribution in [-0.4, -0.2) is 30.7 Å².